The van der Waals surface area contributed by atoms with Gasteiger partial charge in [0.25, 0.3) is 11.7 Å². The maximum atomic E-state index is 12.5. The van der Waals surface area contributed by atoms with Crippen LogP contribution in [0.25, 0.3) is 5.78 Å². The van der Waals surface area contributed by atoms with Crippen LogP contribution in [-0.4, -0.2) is 38.6 Å². The van der Waals surface area contributed by atoms with E-state index in [0.29, 0.717) is 22.6 Å². The SMILES string of the molecule is COC(=O)c1cccc(NC(=O)c2nc3nc(C)cc(C)n3n2)c1C. The molecule has 1 aromatic carbocycles. The second-order valence-corrected chi connectivity index (χ2v) is 5.61. The molecule has 0 saturated carbocycles. The monoisotopic (exact) mass is 339 g/mol. The minimum absolute atomic E-state index is 0.00377. The summed E-state index contributed by atoms with van der Waals surface area (Å²) in [5.74, 6) is -0.575. The lowest BCUT2D eigenvalue weighted by atomic mass is 10.1. The molecule has 0 aliphatic heterocycles. The minimum atomic E-state index is -0.479. The smallest absolute Gasteiger partial charge is 0.338 e. The Balaban J connectivity index is 1.93. The van der Waals surface area contributed by atoms with Crippen molar-refractivity contribution in [2.75, 3.05) is 12.4 Å². The third-order valence-corrected chi connectivity index (χ3v) is 3.81. The van der Waals surface area contributed by atoms with Gasteiger partial charge in [0.05, 0.1) is 12.7 Å². The van der Waals surface area contributed by atoms with Gasteiger partial charge in [-0.15, -0.1) is 5.10 Å². The topological polar surface area (TPSA) is 98.5 Å². The van der Waals surface area contributed by atoms with Gasteiger partial charge < -0.3 is 10.1 Å². The number of amides is 1. The molecular weight excluding hydrogens is 322 g/mol. The molecular formula is C17H17N5O3. The van der Waals surface area contributed by atoms with Crippen LogP contribution in [0.15, 0.2) is 24.3 Å². The van der Waals surface area contributed by atoms with Crippen LogP contribution >= 0.6 is 0 Å². The zero-order chi connectivity index (χ0) is 18.1. The van der Waals surface area contributed by atoms with Gasteiger partial charge in [0, 0.05) is 17.1 Å². The summed E-state index contributed by atoms with van der Waals surface area (Å²) in [4.78, 5) is 32.7. The van der Waals surface area contributed by atoms with Crippen molar-refractivity contribution in [2.45, 2.75) is 20.8 Å². The number of nitrogens with zero attached hydrogens (tertiary/aromatic N) is 4. The van der Waals surface area contributed by atoms with E-state index in [1.807, 2.05) is 19.9 Å². The summed E-state index contributed by atoms with van der Waals surface area (Å²) in [6.45, 7) is 5.44. The van der Waals surface area contributed by atoms with Gasteiger partial charge in [-0.2, -0.15) is 4.98 Å². The first-order chi connectivity index (χ1) is 11.9. The standard InChI is InChI=1S/C17H17N5O3/c1-9-8-10(2)22-17(18-9)20-14(21-22)15(23)19-13-7-5-6-12(11(13)3)16(24)25-4/h5-8H,1-4H3,(H,19,23). The number of fused-ring (bicyclic) bond motifs is 1. The highest BCUT2D eigenvalue weighted by atomic mass is 16.5. The second-order valence-electron chi connectivity index (χ2n) is 5.61. The molecule has 0 aliphatic rings. The molecule has 1 amide bonds. The fourth-order valence-corrected chi connectivity index (χ4v) is 2.54. The van der Waals surface area contributed by atoms with E-state index in [1.54, 1.807) is 25.1 Å². The summed E-state index contributed by atoms with van der Waals surface area (Å²) in [6, 6.07) is 6.85. The maximum absolute atomic E-state index is 12.5. The molecule has 0 spiro atoms. The third kappa shape index (κ3) is 3.06. The van der Waals surface area contributed by atoms with Gasteiger partial charge in [-0.3, -0.25) is 4.79 Å². The molecule has 0 aliphatic carbocycles. The van der Waals surface area contributed by atoms with Crippen LogP contribution in [0.2, 0.25) is 0 Å². The Morgan fingerprint density at radius 2 is 1.92 bits per heavy atom. The first-order valence-corrected chi connectivity index (χ1v) is 7.61. The Bertz CT molecular complexity index is 993. The van der Waals surface area contributed by atoms with Crippen LogP contribution in [0.3, 0.4) is 0 Å². The minimum Gasteiger partial charge on any atom is -0.465 e. The number of benzene rings is 1. The van der Waals surface area contributed by atoms with E-state index in [2.05, 4.69) is 20.4 Å². The van der Waals surface area contributed by atoms with Crippen LogP contribution in [0.4, 0.5) is 5.69 Å². The molecule has 0 atom stereocenters. The number of methoxy groups -OCH3 is 1. The van der Waals surface area contributed by atoms with Crippen molar-refractivity contribution < 1.29 is 14.3 Å². The second kappa shape index (κ2) is 6.31. The van der Waals surface area contributed by atoms with E-state index >= 15 is 0 Å². The quantitative estimate of drug-likeness (QED) is 0.734. The largest absolute Gasteiger partial charge is 0.465 e. The fraction of sp³-hybridized carbons (Fsp3) is 0.235. The van der Waals surface area contributed by atoms with Gasteiger partial charge in [-0.25, -0.2) is 14.3 Å². The number of hydrogen-bond donors (Lipinski definition) is 1. The molecule has 128 valence electrons. The summed E-state index contributed by atoms with van der Waals surface area (Å²) in [6.07, 6.45) is 0. The molecule has 2 heterocycles. The number of carbonyl (C=O) groups excluding carboxylic acids is 2. The summed E-state index contributed by atoms with van der Waals surface area (Å²) in [7, 11) is 1.31. The van der Waals surface area contributed by atoms with Crippen LogP contribution in [0.5, 0.6) is 0 Å². The molecule has 0 saturated heterocycles. The predicted molar refractivity (Wildman–Crippen MR) is 90.7 cm³/mol. The number of aromatic nitrogens is 4. The van der Waals surface area contributed by atoms with Crippen molar-refractivity contribution in [3.8, 4) is 0 Å². The van der Waals surface area contributed by atoms with Crippen molar-refractivity contribution in [3.63, 3.8) is 0 Å². The van der Waals surface area contributed by atoms with Crippen LogP contribution < -0.4 is 5.32 Å². The van der Waals surface area contributed by atoms with Gasteiger partial charge in [0.15, 0.2) is 0 Å². The van der Waals surface area contributed by atoms with Gasteiger partial charge in [0.2, 0.25) is 5.82 Å². The fourth-order valence-electron chi connectivity index (χ4n) is 2.54. The molecule has 1 N–H and O–H groups in total. The normalized spacial score (nSPS) is 10.7. The molecule has 8 heteroatoms. The number of carbonyl (C=O) groups is 2. The van der Waals surface area contributed by atoms with Crippen molar-refractivity contribution in [3.05, 3.63) is 52.6 Å². The van der Waals surface area contributed by atoms with Crippen LogP contribution in [0.1, 0.15) is 37.9 Å². The average molecular weight is 339 g/mol. The first-order valence-electron chi connectivity index (χ1n) is 7.61. The van der Waals surface area contributed by atoms with Gasteiger partial charge in [0.1, 0.15) is 0 Å². The van der Waals surface area contributed by atoms with E-state index in [4.69, 9.17) is 4.74 Å². The highest BCUT2D eigenvalue weighted by Gasteiger charge is 2.18. The molecule has 0 radical (unpaired) electrons. The van der Waals surface area contributed by atoms with Crippen LogP contribution in [0, 0.1) is 20.8 Å². The third-order valence-electron chi connectivity index (χ3n) is 3.81. The first kappa shape index (κ1) is 16.6. The van der Waals surface area contributed by atoms with Crippen molar-refractivity contribution in [2.24, 2.45) is 0 Å². The van der Waals surface area contributed by atoms with Crippen molar-refractivity contribution >= 4 is 23.3 Å². The molecule has 0 fully saturated rings. The molecule has 8 nitrogen and oxygen atoms in total. The molecule has 2 aromatic heterocycles. The highest BCUT2D eigenvalue weighted by Crippen LogP contribution is 2.20. The molecule has 0 unspecified atom stereocenters. The number of ether oxygens (including phenoxy) is 1. The summed E-state index contributed by atoms with van der Waals surface area (Å²) < 4.78 is 6.25. The summed E-state index contributed by atoms with van der Waals surface area (Å²) in [5, 5.41) is 6.92. The zero-order valence-electron chi connectivity index (χ0n) is 14.3. The van der Waals surface area contributed by atoms with E-state index in [0.717, 1.165) is 11.4 Å². The molecule has 0 bridgehead atoms. The molecule has 3 aromatic rings. The Kier molecular flexibility index (Phi) is 4.18. The van der Waals surface area contributed by atoms with E-state index < -0.39 is 11.9 Å². The lowest BCUT2D eigenvalue weighted by Gasteiger charge is -2.10. The summed E-state index contributed by atoms with van der Waals surface area (Å²) in [5.41, 5.74) is 3.12. The van der Waals surface area contributed by atoms with Gasteiger partial charge in [-0.05, 0) is 44.5 Å². The number of aryl methyl sites for hydroxylation is 2. The van der Waals surface area contributed by atoms with Crippen molar-refractivity contribution in [1.82, 2.24) is 19.6 Å². The van der Waals surface area contributed by atoms with Gasteiger partial charge >= 0.3 is 5.97 Å². The highest BCUT2D eigenvalue weighted by molar-refractivity contribution is 6.03. The van der Waals surface area contributed by atoms with Crippen LogP contribution in [-0.2, 0) is 4.74 Å². The van der Waals surface area contributed by atoms with Crippen molar-refractivity contribution in [1.29, 1.82) is 0 Å². The summed E-state index contributed by atoms with van der Waals surface area (Å²) >= 11 is 0. The molecule has 3 rings (SSSR count). The molecule has 25 heavy (non-hydrogen) atoms. The number of rotatable bonds is 3. The lowest BCUT2D eigenvalue weighted by molar-refractivity contribution is 0.0599. The van der Waals surface area contributed by atoms with E-state index in [-0.39, 0.29) is 5.82 Å². The Morgan fingerprint density at radius 1 is 1.16 bits per heavy atom. The maximum Gasteiger partial charge on any atom is 0.338 e. The Morgan fingerprint density at radius 3 is 2.64 bits per heavy atom. The lowest BCUT2D eigenvalue weighted by Crippen LogP contribution is -2.16. The Hall–Kier alpha value is -3.29. The Labute approximate surface area is 143 Å². The number of nitrogens with one attached hydrogen (secondary N) is 1. The zero-order valence-corrected chi connectivity index (χ0v) is 14.3. The number of anilines is 1. The van der Waals surface area contributed by atoms with Gasteiger partial charge in [-0.1, -0.05) is 6.07 Å². The number of hydrogen-bond acceptors (Lipinski definition) is 6. The van der Waals surface area contributed by atoms with E-state index in [1.165, 1.54) is 11.6 Å². The predicted octanol–water partition coefficient (Wildman–Crippen LogP) is 2.09. The number of esters is 1. The van der Waals surface area contributed by atoms with E-state index in [9.17, 15) is 9.59 Å². The average Bonchev–Trinajstić information content (AvgIpc) is 3.00.